The normalized spacial score (nSPS) is 12.9. The van der Waals surface area contributed by atoms with Gasteiger partial charge in [0.05, 0.1) is 19.0 Å². The fourth-order valence-electron chi connectivity index (χ4n) is 2.16. The topological polar surface area (TPSA) is 65.1 Å². The van der Waals surface area contributed by atoms with Gasteiger partial charge in [-0.3, -0.25) is 9.36 Å². The lowest BCUT2D eigenvalue weighted by atomic mass is 10.1. The highest BCUT2D eigenvalue weighted by atomic mass is 16.5. The Hall–Kier alpha value is -1.82. The molecule has 0 aliphatic rings. The molecule has 0 amide bonds. The largest absolute Gasteiger partial charge is 0.493 e. The number of methoxy groups -OCH3 is 1. The molecule has 0 aliphatic heterocycles. The van der Waals surface area contributed by atoms with Crippen LogP contribution in [0.1, 0.15) is 44.3 Å². The molecule has 0 saturated heterocycles. The summed E-state index contributed by atoms with van der Waals surface area (Å²) in [7, 11) is 1.58. The van der Waals surface area contributed by atoms with Crippen LogP contribution < -0.4 is 4.74 Å². The van der Waals surface area contributed by atoms with Crippen LogP contribution in [0.2, 0.25) is 0 Å². The first-order valence-corrected chi connectivity index (χ1v) is 6.41. The predicted octanol–water partition coefficient (Wildman–Crippen LogP) is 1.77. The molecule has 0 saturated carbocycles. The van der Waals surface area contributed by atoms with E-state index in [1.54, 1.807) is 28.9 Å². The van der Waals surface area contributed by atoms with Gasteiger partial charge in [-0.15, -0.1) is 0 Å². The molecule has 104 valence electrons. The number of aliphatic hydroxyl groups excluding tert-OH is 1. The average Bonchev–Trinajstić information content (AvgIpc) is 3.03. The van der Waals surface area contributed by atoms with Gasteiger partial charge in [0.15, 0.2) is 5.75 Å². The molecule has 0 fully saturated rings. The van der Waals surface area contributed by atoms with Crippen LogP contribution in [0, 0.1) is 0 Å². The molecule has 19 heavy (non-hydrogen) atoms. The molecule has 2 aromatic heterocycles. The van der Waals surface area contributed by atoms with E-state index >= 15 is 0 Å². The third-order valence-electron chi connectivity index (χ3n) is 3.10. The van der Waals surface area contributed by atoms with Crippen molar-refractivity contribution in [2.45, 2.75) is 39.5 Å². The van der Waals surface area contributed by atoms with E-state index in [2.05, 4.69) is 10.2 Å². The van der Waals surface area contributed by atoms with Crippen LogP contribution in [-0.2, 0) is 6.54 Å². The van der Waals surface area contributed by atoms with Crippen LogP contribution in [0.3, 0.4) is 0 Å². The summed E-state index contributed by atoms with van der Waals surface area (Å²) in [6, 6.07) is 1.96. The molecule has 2 aromatic rings. The quantitative estimate of drug-likeness (QED) is 0.894. The van der Waals surface area contributed by atoms with Gasteiger partial charge in [0.2, 0.25) is 0 Å². The van der Waals surface area contributed by atoms with Crippen LogP contribution >= 0.6 is 0 Å². The summed E-state index contributed by atoms with van der Waals surface area (Å²) in [4.78, 5) is 0. The number of nitrogens with zero attached hydrogens (tertiary/aromatic N) is 4. The molecule has 1 unspecified atom stereocenters. The second kappa shape index (κ2) is 5.44. The summed E-state index contributed by atoms with van der Waals surface area (Å²) < 4.78 is 8.84. The molecule has 0 aromatic carbocycles. The first-order chi connectivity index (χ1) is 9.10. The second-order valence-corrected chi connectivity index (χ2v) is 4.61. The first-order valence-electron chi connectivity index (χ1n) is 6.41. The minimum Gasteiger partial charge on any atom is -0.493 e. The van der Waals surface area contributed by atoms with Crippen LogP contribution in [0.15, 0.2) is 18.5 Å². The lowest BCUT2D eigenvalue weighted by Crippen LogP contribution is -2.16. The van der Waals surface area contributed by atoms with E-state index in [1.165, 1.54) is 0 Å². The van der Waals surface area contributed by atoms with Crippen LogP contribution in [-0.4, -0.2) is 31.8 Å². The number of aryl methyl sites for hydroxylation is 1. The minimum atomic E-state index is -0.803. The minimum absolute atomic E-state index is 0.145. The molecule has 0 aliphatic carbocycles. The van der Waals surface area contributed by atoms with Crippen molar-refractivity contribution < 1.29 is 9.84 Å². The van der Waals surface area contributed by atoms with Crippen molar-refractivity contribution in [3.63, 3.8) is 0 Å². The molecule has 6 nitrogen and oxygen atoms in total. The first kappa shape index (κ1) is 13.6. The number of rotatable bonds is 5. The van der Waals surface area contributed by atoms with Crippen molar-refractivity contribution in [2.75, 3.05) is 7.11 Å². The van der Waals surface area contributed by atoms with Gasteiger partial charge in [-0.2, -0.15) is 10.2 Å². The Morgan fingerprint density at radius 2 is 2.11 bits per heavy atom. The Labute approximate surface area is 112 Å². The Kier molecular flexibility index (Phi) is 3.90. The summed E-state index contributed by atoms with van der Waals surface area (Å²) in [6.45, 7) is 6.72. The number of ether oxygens (including phenoxy) is 1. The zero-order valence-corrected chi connectivity index (χ0v) is 11.7. The van der Waals surface area contributed by atoms with Crippen LogP contribution in [0.5, 0.6) is 5.75 Å². The van der Waals surface area contributed by atoms with E-state index in [-0.39, 0.29) is 6.04 Å². The Morgan fingerprint density at radius 3 is 2.68 bits per heavy atom. The molecule has 0 spiro atoms. The molecular weight excluding hydrogens is 244 g/mol. The van der Waals surface area contributed by atoms with Gasteiger partial charge in [0.1, 0.15) is 11.8 Å². The molecule has 2 heterocycles. The maximum atomic E-state index is 10.6. The summed E-state index contributed by atoms with van der Waals surface area (Å²) in [6.07, 6.45) is 2.51. The van der Waals surface area contributed by atoms with Gasteiger partial charge in [-0.05, 0) is 26.8 Å². The second-order valence-electron chi connectivity index (χ2n) is 4.61. The van der Waals surface area contributed by atoms with Gasteiger partial charge in [-0.25, -0.2) is 0 Å². The maximum absolute atomic E-state index is 10.6. The van der Waals surface area contributed by atoms with Gasteiger partial charge in [-0.1, -0.05) is 0 Å². The number of hydrogen-bond donors (Lipinski definition) is 1. The summed E-state index contributed by atoms with van der Waals surface area (Å²) >= 11 is 0. The van der Waals surface area contributed by atoms with Gasteiger partial charge < -0.3 is 9.84 Å². The van der Waals surface area contributed by atoms with E-state index in [0.717, 1.165) is 5.69 Å². The summed E-state index contributed by atoms with van der Waals surface area (Å²) in [5.41, 5.74) is 1.40. The number of aliphatic hydroxyl groups is 1. The highest BCUT2D eigenvalue weighted by Gasteiger charge is 2.25. The molecule has 0 radical (unpaired) electrons. The highest BCUT2D eigenvalue weighted by molar-refractivity contribution is 5.32. The van der Waals surface area contributed by atoms with Gasteiger partial charge in [0.25, 0.3) is 0 Å². The lowest BCUT2D eigenvalue weighted by Gasteiger charge is -2.18. The average molecular weight is 264 g/mol. The Morgan fingerprint density at radius 1 is 1.37 bits per heavy atom. The molecule has 0 bridgehead atoms. The van der Waals surface area contributed by atoms with Crippen molar-refractivity contribution in [1.29, 1.82) is 0 Å². The Balaban J connectivity index is 2.48. The zero-order chi connectivity index (χ0) is 14.0. The van der Waals surface area contributed by atoms with E-state index < -0.39 is 6.10 Å². The molecule has 1 atom stereocenters. The van der Waals surface area contributed by atoms with Crippen molar-refractivity contribution in [2.24, 2.45) is 0 Å². The van der Waals surface area contributed by atoms with E-state index in [0.29, 0.717) is 18.0 Å². The third kappa shape index (κ3) is 2.35. The SMILES string of the molecule is CCn1nccc1C(O)c1c(OC)cnn1C(C)C. The predicted molar refractivity (Wildman–Crippen MR) is 71.1 cm³/mol. The standard InChI is InChI=1S/C13H20N4O2/c1-5-16-10(6-7-14-16)13(18)12-11(19-4)8-15-17(12)9(2)3/h6-9,13,18H,5H2,1-4H3. The van der Waals surface area contributed by atoms with E-state index in [4.69, 9.17) is 4.74 Å². The summed E-state index contributed by atoms with van der Waals surface area (Å²) in [5, 5.41) is 19.1. The molecule has 1 N–H and O–H groups in total. The van der Waals surface area contributed by atoms with Crippen molar-refractivity contribution in [3.8, 4) is 5.75 Å². The van der Waals surface area contributed by atoms with Crippen molar-refractivity contribution >= 4 is 0 Å². The van der Waals surface area contributed by atoms with Gasteiger partial charge in [0, 0.05) is 18.8 Å². The van der Waals surface area contributed by atoms with E-state index in [1.807, 2.05) is 26.8 Å². The number of aromatic nitrogens is 4. The van der Waals surface area contributed by atoms with E-state index in [9.17, 15) is 5.11 Å². The van der Waals surface area contributed by atoms with Gasteiger partial charge >= 0.3 is 0 Å². The fraction of sp³-hybridized carbons (Fsp3) is 0.538. The summed E-state index contributed by atoms with van der Waals surface area (Å²) in [5.74, 6) is 0.588. The van der Waals surface area contributed by atoms with Crippen molar-refractivity contribution in [3.05, 3.63) is 29.8 Å². The monoisotopic (exact) mass is 264 g/mol. The molecule has 2 rings (SSSR count). The molecule has 6 heteroatoms. The van der Waals surface area contributed by atoms with Crippen LogP contribution in [0.25, 0.3) is 0 Å². The zero-order valence-electron chi connectivity index (χ0n) is 11.7. The molecular formula is C13H20N4O2. The van der Waals surface area contributed by atoms with Crippen LogP contribution in [0.4, 0.5) is 0 Å². The highest BCUT2D eigenvalue weighted by Crippen LogP contribution is 2.31. The Bertz CT molecular complexity index is 545. The third-order valence-corrected chi connectivity index (χ3v) is 3.10. The fourth-order valence-corrected chi connectivity index (χ4v) is 2.16. The number of hydrogen-bond acceptors (Lipinski definition) is 4. The smallest absolute Gasteiger partial charge is 0.163 e. The van der Waals surface area contributed by atoms with Crippen molar-refractivity contribution in [1.82, 2.24) is 19.6 Å². The maximum Gasteiger partial charge on any atom is 0.163 e. The lowest BCUT2D eigenvalue weighted by molar-refractivity contribution is 0.188.